The highest BCUT2D eigenvalue weighted by Crippen LogP contribution is 2.22. The summed E-state index contributed by atoms with van der Waals surface area (Å²) in [5.74, 6) is 2.11. The van der Waals surface area contributed by atoms with Crippen LogP contribution in [0.25, 0.3) is 0 Å². The number of aromatic nitrogens is 2. The summed E-state index contributed by atoms with van der Waals surface area (Å²) in [5, 5.41) is 4.07. The smallest absolute Gasteiger partial charge is 0.243 e. The maximum absolute atomic E-state index is 11.7. The molecular weight excluding hydrogens is 306 g/mol. The zero-order chi connectivity index (χ0) is 17.1. The van der Waals surface area contributed by atoms with E-state index < -0.39 is 0 Å². The van der Waals surface area contributed by atoms with Gasteiger partial charge >= 0.3 is 0 Å². The molecule has 2 fully saturated rings. The van der Waals surface area contributed by atoms with Crippen molar-refractivity contribution in [2.45, 2.75) is 45.6 Å². The molecule has 0 aliphatic carbocycles. The van der Waals surface area contributed by atoms with Gasteiger partial charge in [0.05, 0.1) is 6.04 Å². The van der Waals surface area contributed by atoms with Gasteiger partial charge < -0.3 is 9.42 Å². The molecule has 3 rings (SSSR count). The molecular formula is C17H29N5O2. The van der Waals surface area contributed by atoms with Crippen LogP contribution in [0.5, 0.6) is 0 Å². The minimum absolute atomic E-state index is 0.160. The SMILES string of the molecule is CC(C)c1noc([C@H](C)N2CCN(CCN3CCCC3=O)CC2)n1. The van der Waals surface area contributed by atoms with Gasteiger partial charge in [-0.25, -0.2) is 0 Å². The molecule has 1 aromatic rings. The Labute approximate surface area is 144 Å². The van der Waals surface area contributed by atoms with E-state index in [-0.39, 0.29) is 6.04 Å². The standard InChI is InChI=1S/C17H29N5O2/c1-13(2)16-18-17(24-19-16)14(3)21-10-7-20(8-11-21)9-12-22-6-4-5-15(22)23/h13-14H,4-12H2,1-3H3/t14-/m0/s1. The van der Waals surface area contributed by atoms with Gasteiger partial charge in [-0.3, -0.25) is 14.6 Å². The van der Waals surface area contributed by atoms with Gasteiger partial charge in [-0.2, -0.15) is 4.98 Å². The number of nitrogens with zero attached hydrogens (tertiary/aromatic N) is 5. The molecule has 1 atom stereocenters. The molecule has 7 heteroatoms. The Morgan fingerprint density at radius 3 is 2.42 bits per heavy atom. The molecule has 1 amide bonds. The molecule has 3 heterocycles. The lowest BCUT2D eigenvalue weighted by atomic mass is 10.2. The number of amides is 1. The highest BCUT2D eigenvalue weighted by atomic mass is 16.5. The van der Waals surface area contributed by atoms with Crippen LogP contribution in [0, 0.1) is 0 Å². The maximum Gasteiger partial charge on any atom is 0.243 e. The lowest BCUT2D eigenvalue weighted by Gasteiger charge is -2.37. The van der Waals surface area contributed by atoms with Crippen LogP contribution in [0.1, 0.15) is 57.3 Å². The highest BCUT2D eigenvalue weighted by molar-refractivity contribution is 5.78. The summed E-state index contributed by atoms with van der Waals surface area (Å²) in [6.45, 7) is 13.1. The molecule has 2 aliphatic rings. The van der Waals surface area contributed by atoms with Crippen LogP contribution >= 0.6 is 0 Å². The minimum atomic E-state index is 0.160. The molecule has 2 aliphatic heterocycles. The van der Waals surface area contributed by atoms with E-state index in [2.05, 4.69) is 40.7 Å². The van der Waals surface area contributed by atoms with Crippen molar-refractivity contribution in [2.24, 2.45) is 0 Å². The summed E-state index contributed by atoms with van der Waals surface area (Å²) >= 11 is 0. The predicted octanol–water partition coefficient (Wildman–Crippen LogP) is 1.49. The number of carbonyl (C=O) groups is 1. The molecule has 7 nitrogen and oxygen atoms in total. The molecule has 0 spiro atoms. The topological polar surface area (TPSA) is 65.7 Å². The van der Waals surface area contributed by atoms with Crippen molar-refractivity contribution in [1.29, 1.82) is 0 Å². The molecule has 0 N–H and O–H groups in total. The van der Waals surface area contributed by atoms with Crippen LogP contribution in [0.2, 0.25) is 0 Å². The molecule has 0 aromatic carbocycles. The Morgan fingerprint density at radius 2 is 1.83 bits per heavy atom. The summed E-state index contributed by atoms with van der Waals surface area (Å²) in [6, 6.07) is 0.160. The van der Waals surface area contributed by atoms with Gasteiger partial charge in [0.2, 0.25) is 11.8 Å². The van der Waals surface area contributed by atoms with E-state index in [9.17, 15) is 4.79 Å². The van der Waals surface area contributed by atoms with Crippen LogP contribution in [0.15, 0.2) is 4.52 Å². The average molecular weight is 335 g/mol. The van der Waals surface area contributed by atoms with Crippen LogP contribution < -0.4 is 0 Å². The van der Waals surface area contributed by atoms with Crippen LogP contribution in [-0.2, 0) is 4.79 Å². The maximum atomic E-state index is 11.7. The Morgan fingerprint density at radius 1 is 1.08 bits per heavy atom. The van der Waals surface area contributed by atoms with Gasteiger partial charge in [0.15, 0.2) is 5.82 Å². The Kier molecular flexibility index (Phi) is 5.50. The van der Waals surface area contributed by atoms with Crippen molar-refractivity contribution < 1.29 is 9.32 Å². The van der Waals surface area contributed by atoms with Gasteiger partial charge in [0.25, 0.3) is 0 Å². The molecule has 0 bridgehead atoms. The fraction of sp³-hybridized carbons (Fsp3) is 0.824. The molecule has 1 aromatic heterocycles. The van der Waals surface area contributed by atoms with E-state index in [1.54, 1.807) is 0 Å². The van der Waals surface area contributed by atoms with E-state index in [1.807, 2.05) is 4.90 Å². The Balaban J connectivity index is 1.44. The number of hydrogen-bond acceptors (Lipinski definition) is 6. The highest BCUT2D eigenvalue weighted by Gasteiger charge is 2.27. The molecule has 2 saturated heterocycles. The van der Waals surface area contributed by atoms with Crippen molar-refractivity contribution >= 4 is 5.91 Å². The number of rotatable bonds is 6. The van der Waals surface area contributed by atoms with Crippen molar-refractivity contribution in [3.05, 3.63) is 11.7 Å². The van der Waals surface area contributed by atoms with Crippen molar-refractivity contribution in [2.75, 3.05) is 45.8 Å². The Bertz CT molecular complexity index is 551. The molecule has 0 unspecified atom stereocenters. The summed E-state index contributed by atoms with van der Waals surface area (Å²) in [7, 11) is 0. The van der Waals surface area contributed by atoms with Crippen molar-refractivity contribution in [1.82, 2.24) is 24.8 Å². The summed E-state index contributed by atoms with van der Waals surface area (Å²) in [5.41, 5.74) is 0. The third-order valence-corrected chi connectivity index (χ3v) is 5.14. The zero-order valence-corrected chi connectivity index (χ0v) is 15.1. The number of likely N-dealkylation sites (tertiary alicyclic amines) is 1. The van der Waals surface area contributed by atoms with E-state index in [1.165, 1.54) is 0 Å². The second-order valence-corrected chi connectivity index (χ2v) is 7.18. The zero-order valence-electron chi connectivity index (χ0n) is 15.1. The fourth-order valence-electron chi connectivity index (χ4n) is 3.38. The van der Waals surface area contributed by atoms with Crippen LogP contribution in [0.4, 0.5) is 0 Å². The largest absolute Gasteiger partial charge is 0.341 e. The fourth-order valence-corrected chi connectivity index (χ4v) is 3.38. The first kappa shape index (κ1) is 17.4. The monoisotopic (exact) mass is 335 g/mol. The lowest BCUT2D eigenvalue weighted by molar-refractivity contribution is -0.127. The van der Waals surface area contributed by atoms with Crippen LogP contribution in [0.3, 0.4) is 0 Å². The lowest BCUT2D eigenvalue weighted by Crippen LogP contribution is -2.49. The summed E-state index contributed by atoms with van der Waals surface area (Å²) < 4.78 is 5.43. The first-order valence-corrected chi connectivity index (χ1v) is 9.12. The number of piperazine rings is 1. The van der Waals surface area contributed by atoms with Gasteiger partial charge in [0, 0.05) is 58.2 Å². The van der Waals surface area contributed by atoms with Gasteiger partial charge in [-0.1, -0.05) is 19.0 Å². The molecule has 134 valence electrons. The first-order chi connectivity index (χ1) is 11.5. The van der Waals surface area contributed by atoms with E-state index in [0.29, 0.717) is 11.8 Å². The quantitative estimate of drug-likeness (QED) is 0.785. The minimum Gasteiger partial charge on any atom is -0.341 e. The Hall–Kier alpha value is -1.47. The second kappa shape index (κ2) is 7.61. The first-order valence-electron chi connectivity index (χ1n) is 9.12. The van der Waals surface area contributed by atoms with Crippen LogP contribution in [-0.4, -0.2) is 76.6 Å². The third kappa shape index (κ3) is 3.95. The van der Waals surface area contributed by atoms with Gasteiger partial charge in [0.1, 0.15) is 0 Å². The van der Waals surface area contributed by atoms with Gasteiger partial charge in [-0.05, 0) is 13.3 Å². The van der Waals surface area contributed by atoms with Crippen molar-refractivity contribution in [3.8, 4) is 0 Å². The molecule has 0 saturated carbocycles. The normalized spacial score (nSPS) is 21.8. The van der Waals surface area contributed by atoms with E-state index in [0.717, 1.165) is 70.4 Å². The number of hydrogen-bond donors (Lipinski definition) is 0. The van der Waals surface area contributed by atoms with E-state index in [4.69, 9.17) is 4.52 Å². The molecule has 0 radical (unpaired) electrons. The summed E-state index contributed by atoms with van der Waals surface area (Å²) in [6.07, 6.45) is 1.75. The van der Waals surface area contributed by atoms with Gasteiger partial charge in [-0.15, -0.1) is 0 Å². The molecule has 24 heavy (non-hydrogen) atoms. The van der Waals surface area contributed by atoms with Crippen molar-refractivity contribution in [3.63, 3.8) is 0 Å². The average Bonchev–Trinajstić information content (AvgIpc) is 3.22. The third-order valence-electron chi connectivity index (χ3n) is 5.14. The summed E-state index contributed by atoms with van der Waals surface area (Å²) in [4.78, 5) is 23.0. The number of carbonyl (C=O) groups excluding carboxylic acids is 1. The predicted molar refractivity (Wildman–Crippen MR) is 90.6 cm³/mol. The second-order valence-electron chi connectivity index (χ2n) is 7.18. The van der Waals surface area contributed by atoms with E-state index >= 15 is 0 Å².